The summed E-state index contributed by atoms with van der Waals surface area (Å²) in [7, 11) is 1.84. The topological polar surface area (TPSA) is 320 Å². The van der Waals surface area contributed by atoms with Crippen LogP contribution in [0.25, 0.3) is 0 Å². The van der Waals surface area contributed by atoms with Crippen molar-refractivity contribution < 1.29 is 71.9 Å². The number of H-pyrrole nitrogens is 1. The van der Waals surface area contributed by atoms with Gasteiger partial charge in [-0.05, 0) is 67.3 Å². The van der Waals surface area contributed by atoms with Crippen molar-refractivity contribution in [2.24, 2.45) is 5.73 Å². The van der Waals surface area contributed by atoms with Crippen LogP contribution in [0.3, 0.4) is 0 Å². The maximum atomic E-state index is 13.5. The van der Waals surface area contributed by atoms with Crippen LogP contribution in [0.2, 0.25) is 0 Å². The molecule has 0 spiro atoms. The Morgan fingerprint density at radius 3 is 1.96 bits per heavy atom. The Bertz CT molecular complexity index is 1840. The molecule has 1 aromatic heterocycles. The number of hydrogen-bond donors (Lipinski definition) is 7. The van der Waals surface area contributed by atoms with E-state index in [0.29, 0.717) is 31.5 Å². The van der Waals surface area contributed by atoms with Crippen LogP contribution in [0.5, 0.6) is 0 Å². The van der Waals surface area contributed by atoms with Gasteiger partial charge in [-0.3, -0.25) is 24.0 Å². The van der Waals surface area contributed by atoms with Crippen LogP contribution in [0.15, 0.2) is 24.0 Å². The number of carboxylic acids is 1. The van der Waals surface area contributed by atoms with Crippen molar-refractivity contribution in [3.05, 3.63) is 29.7 Å². The number of aliphatic carboxylic acids is 1. The molecule has 24 heteroatoms. The van der Waals surface area contributed by atoms with Gasteiger partial charge in [0.1, 0.15) is 24.7 Å². The lowest BCUT2D eigenvalue weighted by atomic mass is 10.0. The number of aromatic amines is 1. The van der Waals surface area contributed by atoms with Gasteiger partial charge in [0.15, 0.2) is 11.9 Å². The lowest BCUT2D eigenvalue weighted by Crippen LogP contribution is -2.55. The zero-order valence-electron chi connectivity index (χ0n) is 41.2. The Morgan fingerprint density at radius 1 is 0.826 bits per heavy atom. The fraction of sp³-hybridized carbons (Fsp3) is 0.733. The number of rotatable bonds is 38. The molecular formula is C45H77N8O15P. The van der Waals surface area contributed by atoms with Gasteiger partial charge in [0.25, 0.3) is 5.76 Å². The zero-order valence-corrected chi connectivity index (χ0v) is 42.1. The zero-order chi connectivity index (χ0) is 51.4. The first-order valence-corrected chi connectivity index (χ1v) is 25.5. The average Bonchev–Trinajstić information content (AvgIpc) is 3.92. The minimum atomic E-state index is -3.89. The number of hydrogen-bond acceptors (Lipinski definition) is 17. The molecule has 0 aliphatic carbocycles. The van der Waals surface area contributed by atoms with Gasteiger partial charge in [0, 0.05) is 24.7 Å². The van der Waals surface area contributed by atoms with Crippen LogP contribution >= 0.6 is 7.67 Å². The number of carbonyl (C=O) groups is 7. The van der Waals surface area contributed by atoms with Crippen LogP contribution in [-0.4, -0.2) is 143 Å². The molecule has 5 unspecified atom stereocenters. The van der Waals surface area contributed by atoms with Gasteiger partial charge >= 0.3 is 37.5 Å². The number of aromatic nitrogens is 2. The summed E-state index contributed by atoms with van der Waals surface area (Å²) in [4.78, 5) is 101. The van der Waals surface area contributed by atoms with Gasteiger partial charge in [-0.1, -0.05) is 84.0 Å². The van der Waals surface area contributed by atoms with Gasteiger partial charge in [-0.25, -0.2) is 28.5 Å². The fourth-order valence-corrected chi connectivity index (χ4v) is 8.44. The highest BCUT2D eigenvalue weighted by Gasteiger charge is 2.47. The summed E-state index contributed by atoms with van der Waals surface area (Å²) in [5.74, 6) is -8.44. The SMILES string of the molecule is CCCCCCCCCCCCCCCC(=O)OCC(OC(=O)CCC(=O)ONC(C)C(=O)NC(Cc1cnc[nH]1)C(=O)NC(CCCCN)C(=O)O)C1OC(=O)C(OP(=O)(N(C)C)N(C)C)=C1O. The molecule has 392 valence electrons. The van der Waals surface area contributed by atoms with Crippen molar-refractivity contribution in [1.29, 1.82) is 0 Å². The first-order valence-electron chi connectivity index (χ1n) is 23.9. The molecule has 0 saturated heterocycles. The second kappa shape index (κ2) is 32.7. The Hall–Kier alpha value is -5.09. The van der Waals surface area contributed by atoms with Gasteiger partial charge in [-0.15, -0.1) is 5.48 Å². The maximum Gasteiger partial charge on any atom is 0.395 e. The molecule has 0 bridgehead atoms. The van der Waals surface area contributed by atoms with E-state index < -0.39 is 111 Å². The van der Waals surface area contributed by atoms with Gasteiger partial charge in [0.05, 0.1) is 19.2 Å². The van der Waals surface area contributed by atoms with Gasteiger partial charge in [-0.2, -0.15) is 0 Å². The summed E-state index contributed by atoms with van der Waals surface area (Å²) >= 11 is 0. The number of nitrogens with zero attached hydrogens (tertiary/aromatic N) is 3. The van der Waals surface area contributed by atoms with Crippen molar-refractivity contribution >= 4 is 49.3 Å². The molecule has 2 amide bonds. The van der Waals surface area contributed by atoms with E-state index in [0.717, 1.165) is 25.7 Å². The molecule has 5 atom stereocenters. The number of aliphatic hydroxyl groups is 1. The third-order valence-corrected chi connectivity index (χ3v) is 13.5. The number of ether oxygens (including phenoxy) is 3. The first-order chi connectivity index (χ1) is 32.8. The van der Waals surface area contributed by atoms with E-state index >= 15 is 0 Å². The minimum Gasteiger partial charge on any atom is -0.505 e. The van der Waals surface area contributed by atoms with E-state index in [9.17, 15) is 48.3 Å². The highest BCUT2D eigenvalue weighted by Crippen LogP contribution is 2.53. The molecule has 2 heterocycles. The summed E-state index contributed by atoms with van der Waals surface area (Å²) in [6.45, 7) is 3.20. The maximum absolute atomic E-state index is 13.5. The summed E-state index contributed by atoms with van der Waals surface area (Å²) < 4.78 is 37.6. The molecule has 0 saturated carbocycles. The number of carboxylic acid groups (broad SMARTS) is 1. The van der Waals surface area contributed by atoms with Gasteiger partial charge < -0.3 is 55.1 Å². The lowest BCUT2D eigenvalue weighted by Gasteiger charge is -2.29. The molecule has 0 fully saturated rings. The van der Waals surface area contributed by atoms with E-state index in [2.05, 4.69) is 33.0 Å². The summed E-state index contributed by atoms with van der Waals surface area (Å²) in [5.41, 5.74) is 8.21. The molecule has 2 rings (SSSR count). The standard InChI is InChI=1S/C45H77N8O15P/c1-7-8-9-10-11-12-13-14-15-16-17-18-19-23-36(54)64-29-35(40-39(57)41(45(62)66-40)68-69(63,52(3)4)53(5)6)65-37(55)24-25-38(56)67-51-31(2)42(58)50-34(27-32-28-47-30-48-32)43(59)49-33(44(60)61)22-20-21-26-46/h28,30-31,33-35,40,51,57H,7-27,29,46H2,1-6H3,(H,47,48)(H,49,59)(H,50,58)(H,60,61). The number of carbonyl (C=O) groups excluding carboxylic acids is 6. The number of unbranched alkanes of at least 4 members (excludes halogenated alkanes) is 13. The summed E-state index contributed by atoms with van der Waals surface area (Å²) in [6, 6.07) is -3.76. The predicted molar refractivity (Wildman–Crippen MR) is 251 cm³/mol. The number of imidazole rings is 1. The Balaban J connectivity index is 2.01. The van der Waals surface area contributed by atoms with Crippen molar-refractivity contribution in [2.75, 3.05) is 41.3 Å². The van der Waals surface area contributed by atoms with Crippen LogP contribution in [-0.2, 0) is 68.1 Å². The molecule has 69 heavy (non-hydrogen) atoms. The normalized spacial score (nSPS) is 15.6. The average molecular weight is 1000 g/mol. The van der Waals surface area contributed by atoms with Crippen LogP contribution in [0.1, 0.15) is 142 Å². The van der Waals surface area contributed by atoms with E-state index in [1.54, 1.807) is 0 Å². The molecule has 8 N–H and O–H groups in total. The second-order valence-corrected chi connectivity index (χ2v) is 20.1. The number of nitrogens with two attached hydrogens (primary N) is 1. The van der Waals surface area contributed by atoms with E-state index in [1.165, 1.54) is 108 Å². The summed E-state index contributed by atoms with van der Waals surface area (Å²) in [5, 5.41) is 25.7. The number of nitrogens with one attached hydrogen (secondary N) is 4. The Kier molecular flexibility index (Phi) is 28.4. The van der Waals surface area contributed by atoms with Crippen molar-refractivity contribution in [3.8, 4) is 0 Å². The molecule has 1 aliphatic heterocycles. The first kappa shape index (κ1) is 60.0. The minimum absolute atomic E-state index is 0.0577. The monoisotopic (exact) mass is 1000 g/mol. The lowest BCUT2D eigenvalue weighted by molar-refractivity contribution is -0.172. The molecule has 1 aliphatic rings. The number of aliphatic hydroxyl groups excluding tert-OH is 1. The van der Waals surface area contributed by atoms with Crippen molar-refractivity contribution in [2.45, 2.75) is 173 Å². The molecule has 1 aromatic rings. The quantitative estimate of drug-likeness (QED) is 0.0160. The van der Waals surface area contributed by atoms with E-state index in [4.69, 9.17) is 29.3 Å². The summed E-state index contributed by atoms with van der Waals surface area (Å²) in [6.07, 6.45) is 13.8. The third kappa shape index (κ3) is 22.5. The number of esters is 3. The molecule has 23 nitrogen and oxygen atoms in total. The number of amides is 2. The Labute approximate surface area is 405 Å². The fourth-order valence-electron chi connectivity index (χ4n) is 6.99. The van der Waals surface area contributed by atoms with E-state index in [-0.39, 0.29) is 19.3 Å². The predicted octanol–water partition coefficient (Wildman–Crippen LogP) is 4.23. The Morgan fingerprint density at radius 2 is 1.41 bits per heavy atom. The smallest absolute Gasteiger partial charge is 0.395 e. The van der Waals surface area contributed by atoms with Crippen LogP contribution < -0.4 is 21.8 Å². The largest absolute Gasteiger partial charge is 0.505 e. The number of hydroxylamine groups is 1. The molecule has 0 radical (unpaired) electrons. The van der Waals surface area contributed by atoms with Crippen molar-refractivity contribution in [3.63, 3.8) is 0 Å². The number of cyclic esters (lactones) is 1. The van der Waals surface area contributed by atoms with Gasteiger partial charge in [0.2, 0.25) is 17.9 Å². The molecule has 0 aromatic carbocycles. The third-order valence-electron chi connectivity index (χ3n) is 11.1. The highest BCUT2D eigenvalue weighted by atomic mass is 31.2. The van der Waals surface area contributed by atoms with Crippen LogP contribution in [0, 0.1) is 0 Å². The second-order valence-electron chi connectivity index (χ2n) is 17.4. The highest BCUT2D eigenvalue weighted by molar-refractivity contribution is 7.54. The van der Waals surface area contributed by atoms with Crippen molar-refractivity contribution in [1.82, 2.24) is 35.4 Å². The molecular weight excluding hydrogens is 924 g/mol. The van der Waals surface area contributed by atoms with E-state index in [1.807, 2.05) is 0 Å². The van der Waals surface area contributed by atoms with Crippen LogP contribution in [0.4, 0.5) is 0 Å².